The number of hydrogen-bond acceptors (Lipinski definition) is 6. The number of hydrogen-bond donors (Lipinski definition) is 2. The molecule has 0 fully saturated rings. The van der Waals surface area contributed by atoms with Crippen molar-refractivity contribution in [2.24, 2.45) is 0 Å². The van der Waals surface area contributed by atoms with Gasteiger partial charge in [0.15, 0.2) is 5.82 Å². The van der Waals surface area contributed by atoms with Crippen molar-refractivity contribution >= 4 is 17.5 Å². The van der Waals surface area contributed by atoms with E-state index in [4.69, 9.17) is 4.74 Å². The minimum absolute atomic E-state index is 0.461. The van der Waals surface area contributed by atoms with Crippen LogP contribution in [-0.2, 0) is 6.54 Å². The van der Waals surface area contributed by atoms with E-state index < -0.39 is 0 Å². The van der Waals surface area contributed by atoms with Crippen LogP contribution in [0.2, 0.25) is 0 Å². The molecule has 6 heteroatoms. The van der Waals surface area contributed by atoms with Gasteiger partial charge in [0.05, 0.1) is 13.3 Å². The highest BCUT2D eigenvalue weighted by Crippen LogP contribution is 2.18. The average molecular weight is 335 g/mol. The maximum Gasteiger partial charge on any atom is 0.249 e. The zero-order valence-corrected chi connectivity index (χ0v) is 14.6. The van der Waals surface area contributed by atoms with Gasteiger partial charge in [0.25, 0.3) is 0 Å². The topological polar surface area (TPSA) is 72.0 Å². The summed E-state index contributed by atoms with van der Waals surface area (Å²) in [4.78, 5) is 4.45. The Morgan fingerprint density at radius 2 is 1.80 bits per heavy atom. The standard InChI is InChI=1S/C19H21N5O/c1-13-4-7-16(10-14(13)2)22-19-23-18(12-21-24-19)20-11-15-5-8-17(25-3)9-6-15/h4-10,12H,11H2,1-3H3,(H2,20,22,23,24). The lowest BCUT2D eigenvalue weighted by atomic mass is 10.1. The monoisotopic (exact) mass is 335 g/mol. The Labute approximate surface area is 147 Å². The number of benzene rings is 2. The summed E-state index contributed by atoms with van der Waals surface area (Å²) in [5.41, 5.74) is 4.53. The molecule has 0 aliphatic heterocycles. The highest BCUT2D eigenvalue weighted by atomic mass is 16.5. The van der Waals surface area contributed by atoms with Crippen LogP contribution in [-0.4, -0.2) is 22.3 Å². The van der Waals surface area contributed by atoms with Crippen molar-refractivity contribution in [2.75, 3.05) is 17.7 Å². The molecule has 0 spiro atoms. The zero-order valence-electron chi connectivity index (χ0n) is 14.6. The molecule has 25 heavy (non-hydrogen) atoms. The fraction of sp³-hybridized carbons (Fsp3) is 0.211. The fourth-order valence-electron chi connectivity index (χ4n) is 2.33. The van der Waals surface area contributed by atoms with Gasteiger partial charge in [0.1, 0.15) is 5.75 Å². The van der Waals surface area contributed by atoms with E-state index in [-0.39, 0.29) is 0 Å². The number of aromatic nitrogens is 3. The predicted octanol–water partition coefficient (Wildman–Crippen LogP) is 3.85. The molecule has 128 valence electrons. The molecule has 0 bridgehead atoms. The van der Waals surface area contributed by atoms with E-state index in [2.05, 4.69) is 51.8 Å². The quantitative estimate of drug-likeness (QED) is 0.713. The number of ether oxygens (including phenoxy) is 1. The van der Waals surface area contributed by atoms with Gasteiger partial charge >= 0.3 is 0 Å². The molecule has 2 N–H and O–H groups in total. The maximum absolute atomic E-state index is 5.16. The number of rotatable bonds is 6. The summed E-state index contributed by atoms with van der Waals surface area (Å²) >= 11 is 0. The first kappa shape index (κ1) is 16.7. The Hall–Kier alpha value is -3.15. The fourth-order valence-corrected chi connectivity index (χ4v) is 2.33. The van der Waals surface area contributed by atoms with Crippen molar-refractivity contribution in [2.45, 2.75) is 20.4 Å². The second kappa shape index (κ2) is 7.61. The lowest BCUT2D eigenvalue weighted by Crippen LogP contribution is -2.05. The maximum atomic E-state index is 5.16. The van der Waals surface area contributed by atoms with Crippen LogP contribution in [0.3, 0.4) is 0 Å². The minimum Gasteiger partial charge on any atom is -0.497 e. The lowest BCUT2D eigenvalue weighted by molar-refractivity contribution is 0.414. The van der Waals surface area contributed by atoms with Gasteiger partial charge in [-0.05, 0) is 54.8 Å². The van der Waals surface area contributed by atoms with E-state index >= 15 is 0 Å². The summed E-state index contributed by atoms with van der Waals surface area (Å²) < 4.78 is 5.16. The zero-order chi connectivity index (χ0) is 17.6. The van der Waals surface area contributed by atoms with E-state index in [1.807, 2.05) is 30.3 Å². The van der Waals surface area contributed by atoms with Gasteiger partial charge in [-0.3, -0.25) is 0 Å². The number of aryl methyl sites for hydroxylation is 2. The molecule has 1 heterocycles. The first-order valence-corrected chi connectivity index (χ1v) is 8.05. The smallest absolute Gasteiger partial charge is 0.249 e. The molecular formula is C19H21N5O. The largest absolute Gasteiger partial charge is 0.497 e. The number of anilines is 3. The van der Waals surface area contributed by atoms with Gasteiger partial charge in [-0.2, -0.15) is 10.1 Å². The highest BCUT2D eigenvalue weighted by Gasteiger charge is 2.03. The minimum atomic E-state index is 0.461. The third-order valence-electron chi connectivity index (χ3n) is 3.95. The third-order valence-corrected chi connectivity index (χ3v) is 3.95. The second-order valence-corrected chi connectivity index (χ2v) is 5.79. The Bertz CT molecular complexity index is 849. The van der Waals surface area contributed by atoms with Crippen molar-refractivity contribution in [1.29, 1.82) is 0 Å². The Balaban J connectivity index is 1.65. The lowest BCUT2D eigenvalue weighted by Gasteiger charge is -2.09. The van der Waals surface area contributed by atoms with Crippen molar-refractivity contribution in [3.8, 4) is 5.75 Å². The number of nitrogens with zero attached hydrogens (tertiary/aromatic N) is 3. The summed E-state index contributed by atoms with van der Waals surface area (Å²) in [5, 5.41) is 14.5. The molecule has 0 atom stereocenters. The third kappa shape index (κ3) is 4.44. The van der Waals surface area contributed by atoms with Crippen LogP contribution < -0.4 is 15.4 Å². The van der Waals surface area contributed by atoms with E-state index in [9.17, 15) is 0 Å². The average Bonchev–Trinajstić information content (AvgIpc) is 2.64. The molecule has 0 saturated carbocycles. The number of methoxy groups -OCH3 is 1. The van der Waals surface area contributed by atoms with E-state index in [1.54, 1.807) is 13.3 Å². The molecule has 0 unspecified atom stereocenters. The summed E-state index contributed by atoms with van der Waals surface area (Å²) in [6.45, 7) is 4.80. The highest BCUT2D eigenvalue weighted by molar-refractivity contribution is 5.56. The van der Waals surface area contributed by atoms with Gasteiger partial charge in [0.2, 0.25) is 5.95 Å². The summed E-state index contributed by atoms with van der Waals surface area (Å²) in [5.74, 6) is 1.97. The SMILES string of the molecule is COc1ccc(CNc2cnnc(Nc3ccc(C)c(C)c3)n2)cc1. The van der Waals surface area contributed by atoms with E-state index in [0.29, 0.717) is 18.3 Å². The van der Waals surface area contributed by atoms with Crippen molar-refractivity contribution in [3.05, 3.63) is 65.4 Å². The molecule has 6 nitrogen and oxygen atoms in total. The molecule has 1 aromatic heterocycles. The molecular weight excluding hydrogens is 314 g/mol. The summed E-state index contributed by atoms with van der Waals surface area (Å²) in [7, 11) is 1.66. The molecule has 0 saturated heterocycles. The molecule has 0 amide bonds. The molecule has 3 aromatic rings. The Morgan fingerprint density at radius 3 is 2.52 bits per heavy atom. The molecule has 0 aliphatic carbocycles. The normalized spacial score (nSPS) is 10.4. The van der Waals surface area contributed by atoms with E-state index in [1.165, 1.54) is 11.1 Å². The number of nitrogens with one attached hydrogen (secondary N) is 2. The van der Waals surface area contributed by atoms with Crippen molar-refractivity contribution < 1.29 is 4.74 Å². The summed E-state index contributed by atoms with van der Waals surface area (Å²) in [6, 6.07) is 14.0. The van der Waals surface area contributed by atoms with Crippen LogP contribution in [0.4, 0.5) is 17.5 Å². The summed E-state index contributed by atoms with van der Waals surface area (Å²) in [6.07, 6.45) is 1.61. The molecule has 3 rings (SSSR count). The van der Waals surface area contributed by atoms with E-state index in [0.717, 1.165) is 17.0 Å². The van der Waals surface area contributed by atoms with Crippen LogP contribution in [0.1, 0.15) is 16.7 Å². The van der Waals surface area contributed by atoms with Gasteiger partial charge in [-0.1, -0.05) is 18.2 Å². The van der Waals surface area contributed by atoms with Crippen LogP contribution in [0, 0.1) is 13.8 Å². The predicted molar refractivity (Wildman–Crippen MR) is 99.3 cm³/mol. The molecule has 2 aromatic carbocycles. The van der Waals surface area contributed by atoms with Crippen LogP contribution in [0.25, 0.3) is 0 Å². The molecule has 0 radical (unpaired) electrons. The Morgan fingerprint density at radius 1 is 1.00 bits per heavy atom. The van der Waals surface area contributed by atoms with Crippen LogP contribution in [0.15, 0.2) is 48.7 Å². The first-order chi connectivity index (χ1) is 12.1. The van der Waals surface area contributed by atoms with Gasteiger partial charge < -0.3 is 15.4 Å². The van der Waals surface area contributed by atoms with Gasteiger partial charge in [0, 0.05) is 12.2 Å². The Kier molecular flexibility index (Phi) is 5.09. The first-order valence-electron chi connectivity index (χ1n) is 8.05. The van der Waals surface area contributed by atoms with Crippen LogP contribution in [0.5, 0.6) is 5.75 Å². The second-order valence-electron chi connectivity index (χ2n) is 5.79. The van der Waals surface area contributed by atoms with Gasteiger partial charge in [-0.15, -0.1) is 5.10 Å². The van der Waals surface area contributed by atoms with Crippen molar-refractivity contribution in [1.82, 2.24) is 15.2 Å². The van der Waals surface area contributed by atoms with Gasteiger partial charge in [-0.25, -0.2) is 0 Å². The van der Waals surface area contributed by atoms with Crippen LogP contribution >= 0.6 is 0 Å². The van der Waals surface area contributed by atoms with Crippen molar-refractivity contribution in [3.63, 3.8) is 0 Å². The molecule has 0 aliphatic rings.